The molecule has 0 aromatic carbocycles. The van der Waals surface area contributed by atoms with Crippen molar-refractivity contribution < 1.29 is 18.8 Å². The third-order valence-electron chi connectivity index (χ3n) is 6.99. The first-order chi connectivity index (χ1) is 13.2. The van der Waals surface area contributed by atoms with Crippen LogP contribution in [-0.4, -0.2) is 39.9 Å². The number of carbonyl (C=O) groups is 1. The van der Waals surface area contributed by atoms with Crippen LogP contribution < -0.4 is 0 Å². The summed E-state index contributed by atoms with van der Waals surface area (Å²) in [5.74, 6) is -0.815. The average molecular weight is 445 g/mol. The molecule has 0 saturated carbocycles. The summed E-state index contributed by atoms with van der Waals surface area (Å²) in [5, 5.41) is 9.50. The molecule has 0 bridgehead atoms. The van der Waals surface area contributed by atoms with Crippen LogP contribution in [0.5, 0.6) is 0 Å². The van der Waals surface area contributed by atoms with Crippen molar-refractivity contribution in [1.82, 2.24) is 0 Å². The van der Waals surface area contributed by atoms with Crippen LogP contribution in [0, 0.1) is 5.92 Å². The Hall–Kier alpha value is -0.436. The van der Waals surface area contributed by atoms with Gasteiger partial charge in [-0.25, -0.2) is 4.79 Å². The summed E-state index contributed by atoms with van der Waals surface area (Å²) < 4.78 is 13.6. The lowest BCUT2D eigenvalue weighted by atomic mass is 9.96. The molecule has 0 radical (unpaired) electrons. The number of aliphatic carboxylic acids is 1. The molecule has 0 aliphatic carbocycles. The Bertz CT molecular complexity index is 525. The zero-order valence-electron chi connectivity index (χ0n) is 21.0. The van der Waals surface area contributed by atoms with E-state index in [2.05, 4.69) is 68.5 Å². The summed E-state index contributed by atoms with van der Waals surface area (Å²) in [6.07, 6.45) is 3.76. The Labute approximate surface area is 182 Å². The molecule has 0 amide bonds. The van der Waals surface area contributed by atoms with Crippen molar-refractivity contribution in [2.24, 2.45) is 5.92 Å². The van der Waals surface area contributed by atoms with Crippen molar-refractivity contribution in [1.29, 1.82) is 0 Å². The molecule has 0 heterocycles. The van der Waals surface area contributed by atoms with Crippen LogP contribution in [0.4, 0.5) is 0 Å². The first-order valence-corrected chi connectivity index (χ1v) is 16.9. The van der Waals surface area contributed by atoms with Crippen molar-refractivity contribution >= 4 is 22.6 Å². The van der Waals surface area contributed by atoms with Gasteiger partial charge in [0, 0.05) is 11.7 Å². The first kappa shape index (κ1) is 28.6. The minimum atomic E-state index is -1.88. The zero-order chi connectivity index (χ0) is 23.0. The zero-order valence-corrected chi connectivity index (χ0v) is 23.0. The molecule has 0 aromatic heterocycles. The lowest BCUT2D eigenvalue weighted by Gasteiger charge is -2.42. The van der Waals surface area contributed by atoms with Crippen molar-refractivity contribution in [3.05, 3.63) is 11.6 Å². The highest BCUT2D eigenvalue weighted by Crippen LogP contribution is 2.39. The van der Waals surface area contributed by atoms with E-state index in [1.807, 2.05) is 6.08 Å². The normalized spacial score (nSPS) is 17.1. The number of carboxylic acid groups (broad SMARTS) is 1. The van der Waals surface area contributed by atoms with Crippen LogP contribution in [0.2, 0.25) is 36.3 Å². The minimum Gasteiger partial charge on any atom is -0.478 e. The molecular formula is C23H48O4Si2. The average Bonchev–Trinajstić information content (AvgIpc) is 2.63. The van der Waals surface area contributed by atoms with Crippen LogP contribution in [0.3, 0.4) is 0 Å². The van der Waals surface area contributed by atoms with E-state index >= 15 is 0 Å². The monoisotopic (exact) mass is 444 g/mol. The predicted molar refractivity (Wildman–Crippen MR) is 130 cm³/mol. The van der Waals surface area contributed by atoms with E-state index in [1.165, 1.54) is 0 Å². The summed E-state index contributed by atoms with van der Waals surface area (Å²) in [5.41, 5.74) is 0.390. The summed E-state index contributed by atoms with van der Waals surface area (Å²) >= 11 is 0. The molecule has 3 atom stereocenters. The summed E-state index contributed by atoms with van der Waals surface area (Å²) in [6.45, 7) is 24.1. The molecule has 0 aliphatic rings. The van der Waals surface area contributed by atoms with Gasteiger partial charge in [-0.2, -0.15) is 0 Å². The standard InChI is InChI=1S/C23H48O4Si2/c1-12-20(26-28(10,11)23(7,8)9)17-21(18(5)16-19(6)22(24)25)27-29(13-2,14-3)15-4/h16,18,20-21H,12-15,17H2,1-11H3,(H,24,25)/b19-16+/t18-,20+,21-/m1/s1. The second-order valence-electron chi connectivity index (χ2n) is 10.1. The Morgan fingerprint density at radius 2 is 1.52 bits per heavy atom. The fourth-order valence-electron chi connectivity index (χ4n) is 3.41. The van der Waals surface area contributed by atoms with Gasteiger partial charge >= 0.3 is 5.97 Å². The highest BCUT2D eigenvalue weighted by molar-refractivity contribution is 6.74. The van der Waals surface area contributed by atoms with Gasteiger partial charge in [-0.3, -0.25) is 0 Å². The Morgan fingerprint density at radius 1 is 1.03 bits per heavy atom. The number of hydrogen-bond donors (Lipinski definition) is 1. The fourth-order valence-corrected chi connectivity index (χ4v) is 7.82. The third-order valence-corrected chi connectivity index (χ3v) is 16.2. The molecular weight excluding hydrogens is 396 g/mol. The van der Waals surface area contributed by atoms with Gasteiger partial charge < -0.3 is 14.0 Å². The molecule has 0 fully saturated rings. The van der Waals surface area contributed by atoms with Crippen molar-refractivity contribution in [3.8, 4) is 0 Å². The van der Waals surface area contributed by atoms with E-state index in [0.29, 0.717) is 5.57 Å². The predicted octanol–water partition coefficient (Wildman–Crippen LogP) is 7.23. The van der Waals surface area contributed by atoms with E-state index in [-0.39, 0.29) is 23.2 Å². The summed E-state index contributed by atoms with van der Waals surface area (Å²) in [4.78, 5) is 11.4. The second-order valence-corrected chi connectivity index (χ2v) is 19.5. The summed E-state index contributed by atoms with van der Waals surface area (Å²) in [6, 6.07) is 3.26. The van der Waals surface area contributed by atoms with Crippen LogP contribution >= 0.6 is 0 Å². The SMILES string of the molecule is CC[C@@H](C[C@@H](O[Si](CC)(CC)CC)[C@H](C)/C=C(\C)C(=O)O)O[Si](C)(C)C(C)(C)C. The topological polar surface area (TPSA) is 55.8 Å². The number of carboxylic acids is 1. The van der Waals surface area contributed by atoms with Crippen molar-refractivity contribution in [2.45, 2.75) is 124 Å². The molecule has 0 aliphatic heterocycles. The van der Waals surface area contributed by atoms with E-state index in [1.54, 1.807) is 6.92 Å². The minimum absolute atomic E-state index is 0.00876. The van der Waals surface area contributed by atoms with Gasteiger partial charge in [0.1, 0.15) is 0 Å². The molecule has 172 valence electrons. The van der Waals surface area contributed by atoms with E-state index in [9.17, 15) is 9.90 Å². The van der Waals surface area contributed by atoms with Crippen molar-refractivity contribution in [3.63, 3.8) is 0 Å². The molecule has 0 spiro atoms. The van der Waals surface area contributed by atoms with Gasteiger partial charge in [-0.05, 0) is 61.9 Å². The van der Waals surface area contributed by atoms with Crippen LogP contribution in [0.15, 0.2) is 11.6 Å². The Kier molecular flexibility index (Phi) is 11.6. The Morgan fingerprint density at radius 3 is 1.86 bits per heavy atom. The van der Waals surface area contributed by atoms with Crippen molar-refractivity contribution in [2.75, 3.05) is 0 Å². The van der Waals surface area contributed by atoms with E-state index in [4.69, 9.17) is 8.85 Å². The fraction of sp³-hybridized carbons (Fsp3) is 0.870. The number of hydrogen-bond acceptors (Lipinski definition) is 3. The number of rotatable bonds is 13. The maximum absolute atomic E-state index is 11.4. The van der Waals surface area contributed by atoms with Gasteiger partial charge in [-0.1, -0.05) is 61.5 Å². The van der Waals surface area contributed by atoms with Gasteiger partial charge in [0.05, 0.1) is 6.10 Å². The first-order valence-electron chi connectivity index (χ1n) is 11.5. The maximum atomic E-state index is 11.4. The lowest BCUT2D eigenvalue weighted by Crippen LogP contribution is -2.47. The highest BCUT2D eigenvalue weighted by Gasteiger charge is 2.40. The molecule has 0 aromatic rings. The van der Waals surface area contributed by atoms with Gasteiger partial charge in [-0.15, -0.1) is 0 Å². The van der Waals surface area contributed by atoms with Gasteiger partial charge in [0.25, 0.3) is 0 Å². The molecule has 0 saturated heterocycles. The molecule has 29 heavy (non-hydrogen) atoms. The largest absolute Gasteiger partial charge is 0.478 e. The molecule has 1 N–H and O–H groups in total. The van der Waals surface area contributed by atoms with Crippen LogP contribution in [0.25, 0.3) is 0 Å². The van der Waals surface area contributed by atoms with Gasteiger partial charge in [0.2, 0.25) is 0 Å². The Balaban J connectivity index is 5.78. The molecule has 4 nitrogen and oxygen atoms in total. The highest BCUT2D eigenvalue weighted by atomic mass is 28.4. The van der Waals surface area contributed by atoms with Crippen LogP contribution in [-0.2, 0) is 13.6 Å². The molecule has 6 heteroatoms. The summed E-state index contributed by atoms with van der Waals surface area (Å²) in [7, 11) is -3.70. The quantitative estimate of drug-likeness (QED) is 0.240. The smallest absolute Gasteiger partial charge is 0.330 e. The van der Waals surface area contributed by atoms with Crippen LogP contribution in [0.1, 0.15) is 75.2 Å². The third kappa shape index (κ3) is 8.68. The molecule has 0 rings (SSSR count). The molecule has 0 unspecified atom stereocenters. The van der Waals surface area contributed by atoms with E-state index in [0.717, 1.165) is 31.0 Å². The lowest BCUT2D eigenvalue weighted by molar-refractivity contribution is -0.132. The van der Waals surface area contributed by atoms with E-state index < -0.39 is 22.6 Å². The second kappa shape index (κ2) is 11.8. The van der Waals surface area contributed by atoms with Gasteiger partial charge in [0.15, 0.2) is 16.6 Å². The maximum Gasteiger partial charge on any atom is 0.330 e.